The molecule has 226 valence electrons. The Morgan fingerprint density at radius 3 is 1.95 bits per heavy atom. The molecule has 2 aliphatic heterocycles. The van der Waals surface area contributed by atoms with E-state index in [2.05, 4.69) is 65.7 Å². The Hall–Kier alpha value is -0.423. The van der Waals surface area contributed by atoms with Gasteiger partial charge in [-0.1, -0.05) is 54.3 Å². The fraction of sp³-hybridized carbons (Fsp3) is 0.941. The van der Waals surface area contributed by atoms with Gasteiger partial charge < -0.3 is 24.1 Å². The van der Waals surface area contributed by atoms with Gasteiger partial charge in [-0.2, -0.15) is 0 Å². The molecule has 0 amide bonds. The van der Waals surface area contributed by atoms with E-state index in [9.17, 15) is 5.11 Å². The molecule has 4 saturated carbocycles. The average Bonchev–Trinajstić information content (AvgIpc) is 3.15. The highest BCUT2D eigenvalue weighted by Crippen LogP contribution is 2.72. The molecule has 6 heteroatoms. The van der Waals surface area contributed by atoms with Crippen LogP contribution < -0.4 is 0 Å². The highest BCUT2D eigenvalue weighted by atomic mass is 28.3. The quantitative estimate of drug-likeness (QED) is 0.273. The number of hydrogen-bond donors (Lipinski definition) is 1. The van der Waals surface area contributed by atoms with Gasteiger partial charge in [-0.15, -0.1) is 11.5 Å². The van der Waals surface area contributed by atoms with Crippen LogP contribution in [0, 0.1) is 50.9 Å². The molecule has 6 rings (SSSR count). The number of rotatable bonds is 1. The summed E-state index contributed by atoms with van der Waals surface area (Å²) in [5.41, 5.74) is 2.78. The summed E-state index contributed by atoms with van der Waals surface area (Å²) in [6, 6.07) is 0. The first-order chi connectivity index (χ1) is 18.5. The first-order valence-corrected chi connectivity index (χ1v) is 19.8. The second-order valence-electron chi connectivity index (χ2n) is 17.7. The molecule has 5 nitrogen and oxygen atoms in total. The summed E-state index contributed by atoms with van der Waals surface area (Å²) in [6.07, 6.45) is 9.44. The molecule has 0 aromatic heterocycles. The predicted molar refractivity (Wildman–Crippen MR) is 160 cm³/mol. The topological polar surface area (TPSA) is 57.2 Å². The van der Waals surface area contributed by atoms with Crippen LogP contribution in [0.3, 0.4) is 0 Å². The Morgan fingerprint density at radius 1 is 0.725 bits per heavy atom. The molecule has 0 aromatic rings. The van der Waals surface area contributed by atoms with Crippen molar-refractivity contribution in [1.29, 1.82) is 0 Å². The van der Waals surface area contributed by atoms with E-state index in [0.717, 1.165) is 64.6 Å². The summed E-state index contributed by atoms with van der Waals surface area (Å²) in [7, 11) is -1.52. The van der Waals surface area contributed by atoms with E-state index in [0.29, 0.717) is 37.4 Å². The lowest BCUT2D eigenvalue weighted by Crippen LogP contribution is -2.68. The summed E-state index contributed by atoms with van der Waals surface area (Å²) < 4.78 is 26.5. The molecule has 6 fully saturated rings. The maximum absolute atomic E-state index is 12.8. The second-order valence-corrected chi connectivity index (χ2v) is 22.4. The van der Waals surface area contributed by atoms with Crippen molar-refractivity contribution in [3.63, 3.8) is 0 Å². The zero-order chi connectivity index (χ0) is 28.9. The van der Waals surface area contributed by atoms with Crippen molar-refractivity contribution in [2.45, 2.75) is 136 Å². The van der Waals surface area contributed by atoms with Crippen molar-refractivity contribution < 1.29 is 24.1 Å². The third-order valence-corrected chi connectivity index (χ3v) is 13.2. The smallest absolute Gasteiger partial charge is 0.173 e. The summed E-state index contributed by atoms with van der Waals surface area (Å²) in [5.74, 6) is 4.23. The molecule has 2 saturated heterocycles. The Kier molecular flexibility index (Phi) is 6.88. The van der Waals surface area contributed by atoms with Crippen molar-refractivity contribution in [2.75, 3.05) is 26.4 Å². The van der Waals surface area contributed by atoms with E-state index < -0.39 is 25.2 Å². The second kappa shape index (κ2) is 9.29. The molecule has 0 aromatic carbocycles. The summed E-state index contributed by atoms with van der Waals surface area (Å²) in [4.78, 5) is 0. The van der Waals surface area contributed by atoms with E-state index in [1.807, 2.05) is 0 Å². The van der Waals surface area contributed by atoms with Gasteiger partial charge in [0.2, 0.25) is 0 Å². The minimum atomic E-state index is -1.52. The van der Waals surface area contributed by atoms with Gasteiger partial charge in [0.15, 0.2) is 11.6 Å². The average molecular weight is 573 g/mol. The maximum Gasteiger partial charge on any atom is 0.173 e. The molecule has 40 heavy (non-hydrogen) atoms. The third-order valence-electron chi connectivity index (χ3n) is 12.2. The lowest BCUT2D eigenvalue weighted by Gasteiger charge is -2.67. The Labute approximate surface area is 244 Å². The third kappa shape index (κ3) is 4.60. The minimum Gasteiger partial charge on any atom is -0.389 e. The van der Waals surface area contributed by atoms with Gasteiger partial charge in [-0.25, -0.2) is 0 Å². The normalized spacial score (nSPS) is 44.7. The predicted octanol–water partition coefficient (Wildman–Crippen LogP) is 6.93. The van der Waals surface area contributed by atoms with Gasteiger partial charge in [0.1, 0.15) is 8.07 Å². The first-order valence-electron chi connectivity index (χ1n) is 16.3. The van der Waals surface area contributed by atoms with Crippen LogP contribution in [0.15, 0.2) is 0 Å². The molecule has 2 heterocycles. The maximum atomic E-state index is 12.8. The van der Waals surface area contributed by atoms with E-state index in [1.54, 1.807) is 0 Å². The zero-order valence-corrected chi connectivity index (χ0v) is 27.7. The molecular formula is C34H56O5Si. The van der Waals surface area contributed by atoms with Gasteiger partial charge in [-0.05, 0) is 56.3 Å². The van der Waals surface area contributed by atoms with Crippen LogP contribution in [-0.4, -0.2) is 56.8 Å². The Balaban J connectivity index is 1.31. The van der Waals surface area contributed by atoms with Crippen molar-refractivity contribution in [3.05, 3.63) is 0 Å². The van der Waals surface area contributed by atoms with Gasteiger partial charge >= 0.3 is 0 Å². The lowest BCUT2D eigenvalue weighted by atomic mass is 9.42. The van der Waals surface area contributed by atoms with E-state index in [-0.39, 0.29) is 21.7 Å². The SMILES string of the molecule is CC1(C)COC2(CC[C@]3(CC#C[Si](C)(C)C)[C@H]4CC[C@@]5(C)[C@@H](CCC56OCC(C)(C)CO6)[C@@H]4CC[C@@]3(O)C2)OC1. The fourth-order valence-corrected chi connectivity index (χ4v) is 10.6. The summed E-state index contributed by atoms with van der Waals surface area (Å²) in [6.45, 7) is 21.3. The van der Waals surface area contributed by atoms with E-state index in [1.165, 1.54) is 6.42 Å². The van der Waals surface area contributed by atoms with Crippen LogP contribution >= 0.6 is 0 Å². The summed E-state index contributed by atoms with van der Waals surface area (Å²) in [5, 5.41) is 12.8. The van der Waals surface area contributed by atoms with E-state index in [4.69, 9.17) is 18.9 Å². The Morgan fingerprint density at radius 2 is 1.32 bits per heavy atom. The molecule has 1 N–H and O–H groups in total. The zero-order valence-electron chi connectivity index (χ0n) is 26.7. The molecule has 0 unspecified atom stereocenters. The van der Waals surface area contributed by atoms with Crippen LogP contribution in [0.5, 0.6) is 0 Å². The number of aliphatic hydroxyl groups is 1. The first kappa shape index (κ1) is 29.6. The van der Waals surface area contributed by atoms with Crippen LogP contribution in [0.1, 0.15) is 98.8 Å². The molecular weight excluding hydrogens is 516 g/mol. The number of fused-ring (bicyclic) bond motifs is 6. The van der Waals surface area contributed by atoms with Gasteiger partial charge in [0.05, 0.1) is 32.0 Å². The van der Waals surface area contributed by atoms with Crippen LogP contribution in [0.4, 0.5) is 0 Å². The Bertz CT molecular complexity index is 1050. The van der Waals surface area contributed by atoms with Crippen molar-refractivity contribution in [2.24, 2.45) is 39.4 Å². The van der Waals surface area contributed by atoms with Crippen molar-refractivity contribution >= 4 is 8.07 Å². The van der Waals surface area contributed by atoms with Crippen LogP contribution in [0.2, 0.25) is 19.6 Å². The highest BCUT2D eigenvalue weighted by Gasteiger charge is 2.71. The van der Waals surface area contributed by atoms with Crippen molar-refractivity contribution in [1.82, 2.24) is 0 Å². The van der Waals surface area contributed by atoms with Crippen LogP contribution in [0.25, 0.3) is 0 Å². The monoisotopic (exact) mass is 572 g/mol. The standard InChI is InChI=1S/C34H56O5Si/c1-28(2)21-36-33(37-22-28)18-17-31(13-9-19-40(6,7)8)27-11-14-30(5)26(25(27)10-15-32(31,35)20-33)12-16-34(30)38-23-29(3,4)24-39-34/h25-27,35H,10-18,20-24H2,1-8H3/t25-,26-,27-,30-,31+,32+/m0/s1. The lowest BCUT2D eigenvalue weighted by molar-refractivity contribution is -0.364. The summed E-state index contributed by atoms with van der Waals surface area (Å²) >= 11 is 0. The van der Waals surface area contributed by atoms with Gasteiger partial charge in [-0.3, -0.25) is 0 Å². The highest BCUT2D eigenvalue weighted by molar-refractivity contribution is 6.83. The molecule has 4 aliphatic carbocycles. The van der Waals surface area contributed by atoms with E-state index >= 15 is 0 Å². The molecule has 6 atom stereocenters. The number of hydrogen-bond acceptors (Lipinski definition) is 5. The fourth-order valence-electron chi connectivity index (χ4n) is 9.98. The largest absolute Gasteiger partial charge is 0.389 e. The van der Waals surface area contributed by atoms with Gasteiger partial charge in [0.25, 0.3) is 0 Å². The van der Waals surface area contributed by atoms with Gasteiger partial charge in [0, 0.05) is 47.3 Å². The van der Waals surface area contributed by atoms with Crippen LogP contribution in [-0.2, 0) is 18.9 Å². The number of ether oxygens (including phenoxy) is 4. The molecule has 0 bridgehead atoms. The molecule has 2 spiro atoms. The molecule has 6 aliphatic rings. The minimum absolute atomic E-state index is 0.0214. The van der Waals surface area contributed by atoms with Crippen molar-refractivity contribution in [3.8, 4) is 11.5 Å². The molecule has 0 radical (unpaired) electrons.